The summed E-state index contributed by atoms with van der Waals surface area (Å²) in [6.07, 6.45) is -4.47. The van der Waals surface area contributed by atoms with E-state index in [1.165, 1.54) is 18.2 Å². The van der Waals surface area contributed by atoms with E-state index in [1.807, 2.05) is 0 Å². The van der Waals surface area contributed by atoms with E-state index in [0.717, 1.165) is 6.07 Å². The van der Waals surface area contributed by atoms with Gasteiger partial charge in [-0.25, -0.2) is 0 Å². The smallest absolute Gasteiger partial charge is 0.419 e. The number of nitrogens with two attached hydrogens (primary N) is 1. The highest BCUT2D eigenvalue weighted by Gasteiger charge is 2.34. The summed E-state index contributed by atoms with van der Waals surface area (Å²) in [4.78, 5) is 0. The summed E-state index contributed by atoms with van der Waals surface area (Å²) in [6, 6.07) is 10.1. The molecule has 0 aromatic heterocycles. The molecule has 6 heteroatoms. The molecule has 0 radical (unpaired) electrons. The Balaban J connectivity index is 2.44. The highest BCUT2D eigenvalue weighted by molar-refractivity contribution is 9.10. The van der Waals surface area contributed by atoms with Crippen molar-refractivity contribution >= 4 is 15.9 Å². The second-order valence-electron chi connectivity index (χ2n) is 4.02. The fraction of sp³-hybridized carbons (Fsp3) is 0.143. The summed E-state index contributed by atoms with van der Waals surface area (Å²) in [5, 5.41) is 0. The Morgan fingerprint density at radius 1 is 1.00 bits per heavy atom. The quantitative estimate of drug-likeness (QED) is 0.873. The molecule has 0 bridgehead atoms. The first kappa shape index (κ1) is 14.9. The molecule has 0 amide bonds. The first-order chi connectivity index (χ1) is 9.43. The lowest BCUT2D eigenvalue weighted by molar-refractivity contribution is -0.138. The van der Waals surface area contributed by atoms with E-state index >= 15 is 0 Å². The summed E-state index contributed by atoms with van der Waals surface area (Å²) in [6.45, 7) is 0.158. The molecule has 0 fully saturated rings. The molecule has 20 heavy (non-hydrogen) atoms. The van der Waals surface area contributed by atoms with Crippen molar-refractivity contribution in [3.05, 3.63) is 58.1 Å². The van der Waals surface area contributed by atoms with Crippen LogP contribution in [0.15, 0.2) is 46.9 Å². The summed E-state index contributed by atoms with van der Waals surface area (Å²) in [5.41, 5.74) is 5.40. The van der Waals surface area contributed by atoms with E-state index in [2.05, 4.69) is 15.9 Å². The lowest BCUT2D eigenvalue weighted by Gasteiger charge is -2.15. The van der Waals surface area contributed by atoms with Gasteiger partial charge in [0.25, 0.3) is 0 Å². The van der Waals surface area contributed by atoms with E-state index in [4.69, 9.17) is 10.5 Å². The Morgan fingerprint density at radius 2 is 1.65 bits per heavy atom. The van der Waals surface area contributed by atoms with Gasteiger partial charge in [0, 0.05) is 16.6 Å². The van der Waals surface area contributed by atoms with Gasteiger partial charge >= 0.3 is 6.18 Å². The maximum atomic E-state index is 12.9. The molecule has 0 spiro atoms. The van der Waals surface area contributed by atoms with E-state index in [1.54, 1.807) is 18.2 Å². The van der Waals surface area contributed by atoms with Crippen LogP contribution >= 0.6 is 15.9 Å². The predicted molar refractivity (Wildman–Crippen MR) is 73.6 cm³/mol. The average molecular weight is 346 g/mol. The van der Waals surface area contributed by atoms with Crippen molar-refractivity contribution in [2.45, 2.75) is 12.7 Å². The van der Waals surface area contributed by atoms with Crippen molar-refractivity contribution in [1.82, 2.24) is 0 Å². The molecular weight excluding hydrogens is 335 g/mol. The van der Waals surface area contributed by atoms with Crippen LogP contribution < -0.4 is 10.5 Å². The predicted octanol–water partition coefficient (Wildman–Crippen LogP) is 4.72. The molecule has 2 aromatic carbocycles. The summed E-state index contributed by atoms with van der Waals surface area (Å²) in [5.74, 6) is 0.0615. The van der Waals surface area contributed by atoms with Gasteiger partial charge in [0.1, 0.15) is 11.5 Å². The molecule has 0 heterocycles. The van der Waals surface area contributed by atoms with Crippen LogP contribution in [0.3, 0.4) is 0 Å². The largest absolute Gasteiger partial charge is 0.456 e. The van der Waals surface area contributed by atoms with Crippen LogP contribution in [0.2, 0.25) is 0 Å². The standard InChI is InChI=1S/C14H11BrF3NO/c15-11-5-3-7-12(9(11)8-19)20-13-6-2-1-4-10(13)14(16,17)18/h1-7H,8,19H2. The number of hydrogen-bond acceptors (Lipinski definition) is 2. The molecule has 0 aliphatic heterocycles. The number of benzene rings is 2. The Labute approximate surface area is 122 Å². The molecule has 0 atom stereocenters. The molecule has 0 saturated heterocycles. The van der Waals surface area contributed by atoms with Crippen molar-refractivity contribution in [3.63, 3.8) is 0 Å². The van der Waals surface area contributed by atoms with Crippen LogP contribution in [0, 0.1) is 0 Å². The number of ether oxygens (including phenoxy) is 1. The second-order valence-corrected chi connectivity index (χ2v) is 4.87. The third-order valence-electron chi connectivity index (χ3n) is 2.69. The minimum atomic E-state index is -4.47. The minimum absolute atomic E-state index is 0.158. The maximum absolute atomic E-state index is 12.9. The molecule has 2 rings (SSSR count). The van der Waals surface area contributed by atoms with Gasteiger partial charge in [-0.1, -0.05) is 34.1 Å². The van der Waals surface area contributed by atoms with Crippen LogP contribution in [0.4, 0.5) is 13.2 Å². The Kier molecular flexibility index (Phi) is 4.35. The fourth-order valence-corrected chi connectivity index (χ4v) is 2.25. The molecule has 2 nitrogen and oxygen atoms in total. The van der Waals surface area contributed by atoms with Gasteiger partial charge < -0.3 is 10.5 Å². The molecule has 106 valence electrons. The number of hydrogen-bond donors (Lipinski definition) is 1. The van der Waals surface area contributed by atoms with Gasteiger partial charge in [0.15, 0.2) is 0 Å². The molecule has 2 aromatic rings. The monoisotopic (exact) mass is 345 g/mol. The van der Waals surface area contributed by atoms with Crippen LogP contribution in [0.1, 0.15) is 11.1 Å². The zero-order chi connectivity index (χ0) is 14.8. The second kappa shape index (κ2) is 5.85. The van der Waals surface area contributed by atoms with E-state index in [-0.39, 0.29) is 12.3 Å². The third-order valence-corrected chi connectivity index (χ3v) is 3.44. The van der Waals surface area contributed by atoms with Gasteiger partial charge in [-0.3, -0.25) is 0 Å². The zero-order valence-electron chi connectivity index (χ0n) is 10.2. The van der Waals surface area contributed by atoms with Crippen LogP contribution in [0.5, 0.6) is 11.5 Å². The molecular formula is C14H11BrF3NO. The SMILES string of the molecule is NCc1c(Br)cccc1Oc1ccccc1C(F)(F)F. The van der Waals surface area contributed by atoms with Crippen molar-refractivity contribution in [2.75, 3.05) is 0 Å². The topological polar surface area (TPSA) is 35.2 Å². The van der Waals surface area contributed by atoms with Gasteiger partial charge in [-0.05, 0) is 24.3 Å². The normalized spacial score (nSPS) is 11.4. The molecule has 0 saturated carbocycles. The van der Waals surface area contributed by atoms with Crippen molar-refractivity contribution < 1.29 is 17.9 Å². The number of alkyl halides is 3. The van der Waals surface area contributed by atoms with E-state index < -0.39 is 11.7 Å². The number of rotatable bonds is 3. The van der Waals surface area contributed by atoms with Gasteiger partial charge in [-0.15, -0.1) is 0 Å². The van der Waals surface area contributed by atoms with Crippen molar-refractivity contribution in [3.8, 4) is 11.5 Å². The highest BCUT2D eigenvalue weighted by Crippen LogP contribution is 2.39. The van der Waals surface area contributed by atoms with Gasteiger partial charge in [-0.2, -0.15) is 13.2 Å². The van der Waals surface area contributed by atoms with Gasteiger partial charge in [0.2, 0.25) is 0 Å². The van der Waals surface area contributed by atoms with Gasteiger partial charge in [0.05, 0.1) is 5.56 Å². The molecule has 0 aliphatic carbocycles. The molecule has 0 aliphatic rings. The van der Waals surface area contributed by atoms with E-state index in [9.17, 15) is 13.2 Å². The molecule has 0 unspecified atom stereocenters. The highest BCUT2D eigenvalue weighted by atomic mass is 79.9. The number of para-hydroxylation sites is 1. The third kappa shape index (κ3) is 3.13. The summed E-state index contributed by atoms with van der Waals surface area (Å²) >= 11 is 3.30. The van der Waals surface area contributed by atoms with Crippen molar-refractivity contribution in [2.24, 2.45) is 5.73 Å². The van der Waals surface area contributed by atoms with Crippen LogP contribution in [-0.2, 0) is 12.7 Å². The minimum Gasteiger partial charge on any atom is -0.456 e. The van der Waals surface area contributed by atoms with Crippen LogP contribution in [-0.4, -0.2) is 0 Å². The Morgan fingerprint density at radius 3 is 2.30 bits per heavy atom. The molecule has 2 N–H and O–H groups in total. The zero-order valence-corrected chi connectivity index (χ0v) is 11.8. The fourth-order valence-electron chi connectivity index (χ4n) is 1.74. The van der Waals surface area contributed by atoms with Crippen LogP contribution in [0.25, 0.3) is 0 Å². The summed E-state index contributed by atoms with van der Waals surface area (Å²) < 4.78 is 44.8. The lowest BCUT2D eigenvalue weighted by Crippen LogP contribution is -2.08. The first-order valence-corrected chi connectivity index (χ1v) is 6.54. The number of halogens is 4. The Hall–Kier alpha value is -1.53. The van der Waals surface area contributed by atoms with Crippen molar-refractivity contribution in [1.29, 1.82) is 0 Å². The lowest BCUT2D eigenvalue weighted by atomic mass is 10.1. The maximum Gasteiger partial charge on any atom is 0.419 e. The Bertz CT molecular complexity index is 614. The average Bonchev–Trinajstić information content (AvgIpc) is 2.38. The first-order valence-electron chi connectivity index (χ1n) is 5.75. The summed E-state index contributed by atoms with van der Waals surface area (Å²) in [7, 11) is 0. The van der Waals surface area contributed by atoms with E-state index in [0.29, 0.717) is 15.8 Å².